The summed E-state index contributed by atoms with van der Waals surface area (Å²) in [5.74, 6) is -2.11. The maximum atomic E-state index is 15.1. The van der Waals surface area contributed by atoms with E-state index in [0.29, 0.717) is 12.2 Å². The Morgan fingerprint density at radius 2 is 2.00 bits per heavy atom. The number of rotatable bonds is 7. The molecule has 2 atom stereocenters. The van der Waals surface area contributed by atoms with Gasteiger partial charge in [0, 0.05) is 34.6 Å². The van der Waals surface area contributed by atoms with Gasteiger partial charge in [0.15, 0.2) is 5.78 Å². The fourth-order valence-electron chi connectivity index (χ4n) is 3.71. The molecule has 1 fully saturated rings. The van der Waals surface area contributed by atoms with Gasteiger partial charge < -0.3 is 15.8 Å². The molecule has 1 aliphatic carbocycles. The molecule has 3 aromatic rings. The van der Waals surface area contributed by atoms with Gasteiger partial charge in [-0.1, -0.05) is 18.5 Å². The molecule has 0 radical (unpaired) electrons. The molecule has 1 saturated carbocycles. The van der Waals surface area contributed by atoms with E-state index < -0.39 is 29.8 Å². The lowest BCUT2D eigenvalue weighted by Crippen LogP contribution is -2.31. The highest BCUT2D eigenvalue weighted by atomic mass is 79.9. The van der Waals surface area contributed by atoms with Crippen molar-refractivity contribution in [3.8, 4) is 5.75 Å². The van der Waals surface area contributed by atoms with Crippen LogP contribution in [-0.4, -0.2) is 28.8 Å². The van der Waals surface area contributed by atoms with Crippen molar-refractivity contribution in [3.63, 3.8) is 0 Å². The average Bonchev–Trinajstić information content (AvgIpc) is 3.60. The Hall–Kier alpha value is -3.50. The highest BCUT2D eigenvalue weighted by Crippen LogP contribution is 2.47. The molecule has 2 unspecified atom stereocenters. The zero-order chi connectivity index (χ0) is 26.0. The number of benzene rings is 2. The minimum atomic E-state index is -0.820. The van der Waals surface area contributed by atoms with Gasteiger partial charge in [-0.2, -0.15) is 0 Å². The first-order valence-electron chi connectivity index (χ1n) is 11.0. The van der Waals surface area contributed by atoms with Gasteiger partial charge in [0.2, 0.25) is 0 Å². The van der Waals surface area contributed by atoms with Crippen molar-refractivity contribution in [2.45, 2.75) is 31.7 Å². The van der Waals surface area contributed by atoms with Crippen LogP contribution in [0.3, 0.4) is 0 Å². The molecule has 1 heterocycles. The van der Waals surface area contributed by atoms with Crippen LogP contribution >= 0.6 is 27.5 Å². The highest BCUT2D eigenvalue weighted by Gasteiger charge is 2.44. The smallest absolute Gasteiger partial charge is 0.343 e. The summed E-state index contributed by atoms with van der Waals surface area (Å²) < 4.78 is 21.4. The number of urea groups is 1. The summed E-state index contributed by atoms with van der Waals surface area (Å²) in [6.07, 6.45) is 2.05. The van der Waals surface area contributed by atoms with Crippen molar-refractivity contribution in [2.24, 2.45) is 0 Å². The van der Waals surface area contributed by atoms with Crippen LogP contribution in [0.1, 0.15) is 52.0 Å². The average molecular weight is 576 g/mol. The maximum Gasteiger partial charge on any atom is 0.343 e. The molecule has 4 rings (SSSR count). The third-order valence-electron chi connectivity index (χ3n) is 5.64. The van der Waals surface area contributed by atoms with Crippen molar-refractivity contribution in [3.05, 3.63) is 80.7 Å². The number of pyridine rings is 1. The van der Waals surface area contributed by atoms with Gasteiger partial charge in [0.1, 0.15) is 17.4 Å². The summed E-state index contributed by atoms with van der Waals surface area (Å²) in [5.41, 5.74) is 6.18. The number of halogens is 3. The fraction of sp³-hybridized carbons (Fsp3) is 0.200. The third kappa shape index (κ3) is 5.66. The Balaban J connectivity index is 1.58. The van der Waals surface area contributed by atoms with E-state index in [1.54, 1.807) is 19.1 Å². The lowest BCUT2D eigenvalue weighted by atomic mass is 9.99. The van der Waals surface area contributed by atoms with E-state index in [1.165, 1.54) is 30.5 Å². The lowest BCUT2D eigenvalue weighted by Gasteiger charge is -2.16. The van der Waals surface area contributed by atoms with Crippen LogP contribution in [0.5, 0.6) is 5.75 Å². The molecule has 1 aromatic heterocycles. The topological polar surface area (TPSA) is 123 Å². The monoisotopic (exact) mass is 574 g/mol. The number of amides is 2. The molecule has 1 aliphatic rings. The van der Waals surface area contributed by atoms with Crippen LogP contribution in [0.4, 0.5) is 20.7 Å². The number of Topliss-reactive ketones (excluding diaryl/α,β-unsaturated/α-hetero) is 1. The SMILES string of the molecule is CCC(=O)c1ccc(F)c(C2CC2NC(=O)Nc2ccc(Br)cn2)c1OC(=O)c1ccc(Cl)c(N)c1. The lowest BCUT2D eigenvalue weighted by molar-refractivity contribution is 0.0730. The van der Waals surface area contributed by atoms with Gasteiger partial charge in [-0.25, -0.2) is 19.0 Å². The fourth-order valence-corrected chi connectivity index (χ4v) is 4.06. The minimum absolute atomic E-state index is 0.0525. The number of nitrogen functional groups attached to an aromatic ring is 1. The Kier molecular flexibility index (Phi) is 7.56. The number of nitrogens with one attached hydrogen (secondary N) is 2. The van der Waals surface area contributed by atoms with Crippen molar-refractivity contribution in [2.75, 3.05) is 11.1 Å². The predicted octanol–water partition coefficient (Wildman–Crippen LogP) is 5.71. The van der Waals surface area contributed by atoms with Gasteiger partial charge in [-0.05, 0) is 64.8 Å². The van der Waals surface area contributed by atoms with Crippen molar-refractivity contribution in [1.29, 1.82) is 0 Å². The molecule has 0 spiro atoms. The molecule has 2 aromatic carbocycles. The molecule has 4 N–H and O–H groups in total. The van der Waals surface area contributed by atoms with Gasteiger partial charge in [0.05, 0.1) is 21.8 Å². The minimum Gasteiger partial charge on any atom is -0.422 e. The summed E-state index contributed by atoms with van der Waals surface area (Å²) in [7, 11) is 0. The Morgan fingerprint density at radius 1 is 1.22 bits per heavy atom. The van der Waals surface area contributed by atoms with E-state index in [-0.39, 0.29) is 45.4 Å². The predicted molar refractivity (Wildman–Crippen MR) is 137 cm³/mol. The van der Waals surface area contributed by atoms with Crippen LogP contribution in [0.25, 0.3) is 0 Å². The van der Waals surface area contributed by atoms with E-state index in [2.05, 4.69) is 31.5 Å². The molecular weight excluding hydrogens is 555 g/mol. The molecule has 8 nitrogen and oxygen atoms in total. The summed E-state index contributed by atoms with van der Waals surface area (Å²) in [6, 6.07) is 9.04. The zero-order valence-corrected chi connectivity index (χ0v) is 21.3. The zero-order valence-electron chi connectivity index (χ0n) is 19.0. The molecule has 186 valence electrons. The Labute approximate surface area is 219 Å². The number of anilines is 2. The first-order valence-corrected chi connectivity index (χ1v) is 12.2. The summed E-state index contributed by atoms with van der Waals surface area (Å²) in [4.78, 5) is 42.0. The van der Waals surface area contributed by atoms with E-state index in [1.807, 2.05) is 0 Å². The first kappa shape index (κ1) is 25.6. The van der Waals surface area contributed by atoms with Gasteiger partial charge >= 0.3 is 12.0 Å². The van der Waals surface area contributed by atoms with Crippen LogP contribution < -0.4 is 21.1 Å². The van der Waals surface area contributed by atoms with E-state index in [0.717, 1.165) is 10.5 Å². The van der Waals surface area contributed by atoms with Crippen molar-refractivity contribution < 1.29 is 23.5 Å². The van der Waals surface area contributed by atoms with Crippen molar-refractivity contribution in [1.82, 2.24) is 10.3 Å². The molecule has 0 saturated heterocycles. The summed E-state index contributed by atoms with van der Waals surface area (Å²) >= 11 is 9.20. The van der Waals surface area contributed by atoms with Gasteiger partial charge in [-0.15, -0.1) is 0 Å². The number of esters is 1. The van der Waals surface area contributed by atoms with E-state index in [9.17, 15) is 14.4 Å². The second kappa shape index (κ2) is 10.6. The second-order valence-corrected chi connectivity index (χ2v) is 9.47. The number of carbonyl (C=O) groups excluding carboxylic acids is 3. The van der Waals surface area contributed by atoms with Crippen molar-refractivity contribution >= 4 is 56.8 Å². The number of nitrogens with zero attached hydrogens (tertiary/aromatic N) is 1. The molecule has 36 heavy (non-hydrogen) atoms. The second-order valence-electron chi connectivity index (χ2n) is 8.15. The van der Waals surface area contributed by atoms with Crippen LogP contribution in [-0.2, 0) is 0 Å². The number of ether oxygens (including phenoxy) is 1. The number of nitrogens with two attached hydrogens (primary N) is 1. The molecular formula is C25H21BrClFN4O4. The Morgan fingerprint density at radius 3 is 2.67 bits per heavy atom. The first-order chi connectivity index (χ1) is 17.2. The quantitative estimate of drug-likeness (QED) is 0.144. The molecule has 2 amide bonds. The van der Waals surface area contributed by atoms with Crippen LogP contribution in [0.2, 0.25) is 5.02 Å². The normalized spacial score (nSPS) is 16.2. The standard InChI is InChI=1S/C25H21BrClFN4O4/c1-2-20(33)14-5-7-17(28)22(23(14)36-24(34)12-3-6-16(27)18(29)9-12)15-10-19(15)31-25(35)32-21-8-4-13(26)11-30-21/h3-9,11,15,19H,2,10,29H2,1H3,(H2,30,31,32,35). The number of carbonyl (C=O) groups is 3. The maximum absolute atomic E-state index is 15.1. The molecule has 0 bridgehead atoms. The summed E-state index contributed by atoms with van der Waals surface area (Å²) in [6.45, 7) is 1.65. The third-order valence-corrected chi connectivity index (χ3v) is 6.45. The van der Waals surface area contributed by atoms with E-state index >= 15 is 4.39 Å². The Bertz CT molecular complexity index is 1350. The number of ketones is 1. The largest absolute Gasteiger partial charge is 0.422 e. The summed E-state index contributed by atoms with van der Waals surface area (Å²) in [5, 5.41) is 5.63. The highest BCUT2D eigenvalue weighted by molar-refractivity contribution is 9.10. The molecule has 11 heteroatoms. The van der Waals surface area contributed by atoms with Gasteiger partial charge in [-0.3, -0.25) is 10.1 Å². The molecule has 0 aliphatic heterocycles. The van der Waals surface area contributed by atoms with Crippen LogP contribution in [0.15, 0.2) is 53.1 Å². The van der Waals surface area contributed by atoms with Gasteiger partial charge in [0.25, 0.3) is 0 Å². The van der Waals surface area contributed by atoms with Crippen LogP contribution in [0, 0.1) is 5.82 Å². The number of aromatic nitrogens is 1. The number of hydrogen-bond donors (Lipinski definition) is 3. The van der Waals surface area contributed by atoms with E-state index in [4.69, 9.17) is 22.1 Å². The number of hydrogen-bond acceptors (Lipinski definition) is 6.